The van der Waals surface area contributed by atoms with Crippen LogP contribution in [0.1, 0.15) is 51.9 Å². The van der Waals surface area contributed by atoms with Crippen molar-refractivity contribution in [2.45, 2.75) is 58.0 Å². The molecule has 1 aliphatic carbocycles. The van der Waals surface area contributed by atoms with E-state index in [0.717, 1.165) is 19.1 Å². The molecular formula is C14H24O3. The number of carbonyl (C=O) groups excluding carboxylic acids is 1. The molecule has 3 nitrogen and oxygen atoms in total. The van der Waals surface area contributed by atoms with Gasteiger partial charge in [-0.1, -0.05) is 19.8 Å². The largest absolute Gasteiger partial charge is 0.447 e. The highest BCUT2D eigenvalue weighted by atomic mass is 16.6. The summed E-state index contributed by atoms with van der Waals surface area (Å²) in [5.41, 5.74) is 0. The topological polar surface area (TPSA) is 38.8 Å². The Labute approximate surface area is 104 Å². The SMILES string of the molecule is CCCCOCCCC1CCC(C2OC2=O)C1. The maximum atomic E-state index is 10.9. The summed E-state index contributed by atoms with van der Waals surface area (Å²) < 4.78 is 10.5. The Hall–Kier alpha value is -0.570. The fourth-order valence-electron chi connectivity index (χ4n) is 2.85. The van der Waals surface area contributed by atoms with Gasteiger partial charge in [-0.15, -0.1) is 0 Å². The van der Waals surface area contributed by atoms with Crippen LogP contribution < -0.4 is 0 Å². The molecule has 3 heteroatoms. The van der Waals surface area contributed by atoms with E-state index >= 15 is 0 Å². The molecule has 2 aliphatic rings. The second kappa shape index (κ2) is 6.39. The fraction of sp³-hybridized carbons (Fsp3) is 0.929. The number of carbonyl (C=O) groups is 1. The number of epoxide rings is 1. The molecule has 2 fully saturated rings. The zero-order chi connectivity index (χ0) is 12.1. The molecule has 0 aromatic carbocycles. The minimum absolute atomic E-state index is 0.0264. The summed E-state index contributed by atoms with van der Waals surface area (Å²) in [5.74, 6) is 1.35. The van der Waals surface area contributed by atoms with Gasteiger partial charge in [0.2, 0.25) is 6.10 Å². The first kappa shape index (κ1) is 12.9. The molecular weight excluding hydrogens is 216 g/mol. The third-order valence-corrected chi connectivity index (χ3v) is 3.97. The molecule has 0 radical (unpaired) electrons. The highest BCUT2D eigenvalue weighted by Gasteiger charge is 2.47. The highest BCUT2D eigenvalue weighted by molar-refractivity contribution is 5.87. The Kier molecular flexibility index (Phi) is 4.84. The first-order chi connectivity index (χ1) is 8.31. The number of hydrogen-bond acceptors (Lipinski definition) is 3. The van der Waals surface area contributed by atoms with E-state index in [1.165, 1.54) is 44.9 Å². The molecule has 0 aromatic heterocycles. The molecule has 0 spiro atoms. The summed E-state index contributed by atoms with van der Waals surface area (Å²) in [7, 11) is 0. The summed E-state index contributed by atoms with van der Waals surface area (Å²) in [5, 5.41) is 0. The van der Waals surface area contributed by atoms with Crippen molar-refractivity contribution in [3.8, 4) is 0 Å². The molecule has 0 amide bonds. The van der Waals surface area contributed by atoms with Gasteiger partial charge in [-0.25, -0.2) is 4.79 Å². The molecule has 0 bridgehead atoms. The van der Waals surface area contributed by atoms with Gasteiger partial charge in [0.05, 0.1) is 0 Å². The van der Waals surface area contributed by atoms with Crippen LogP contribution >= 0.6 is 0 Å². The molecule has 2 rings (SSSR count). The lowest BCUT2D eigenvalue weighted by Gasteiger charge is -2.09. The van der Waals surface area contributed by atoms with E-state index in [1.807, 2.05) is 0 Å². The van der Waals surface area contributed by atoms with E-state index in [4.69, 9.17) is 9.47 Å². The summed E-state index contributed by atoms with van der Waals surface area (Å²) in [6, 6.07) is 0. The maximum absolute atomic E-state index is 10.9. The van der Waals surface area contributed by atoms with Gasteiger partial charge in [-0.05, 0) is 38.0 Å². The first-order valence-electron chi connectivity index (χ1n) is 7.09. The van der Waals surface area contributed by atoms with Crippen molar-refractivity contribution in [2.75, 3.05) is 13.2 Å². The average Bonchev–Trinajstić information content (AvgIpc) is 2.89. The lowest BCUT2D eigenvalue weighted by atomic mass is 9.98. The van der Waals surface area contributed by atoms with Crippen molar-refractivity contribution < 1.29 is 14.3 Å². The Morgan fingerprint density at radius 3 is 2.76 bits per heavy atom. The van der Waals surface area contributed by atoms with Crippen molar-refractivity contribution in [3.05, 3.63) is 0 Å². The third-order valence-electron chi connectivity index (χ3n) is 3.97. The van der Waals surface area contributed by atoms with Crippen molar-refractivity contribution in [2.24, 2.45) is 11.8 Å². The Morgan fingerprint density at radius 1 is 1.29 bits per heavy atom. The van der Waals surface area contributed by atoms with E-state index < -0.39 is 0 Å². The van der Waals surface area contributed by atoms with E-state index in [9.17, 15) is 4.79 Å². The molecule has 98 valence electrons. The van der Waals surface area contributed by atoms with Crippen molar-refractivity contribution in [1.29, 1.82) is 0 Å². The van der Waals surface area contributed by atoms with Crippen molar-refractivity contribution in [1.82, 2.24) is 0 Å². The van der Waals surface area contributed by atoms with Crippen LogP contribution in [0.25, 0.3) is 0 Å². The van der Waals surface area contributed by atoms with E-state index in [-0.39, 0.29) is 12.1 Å². The van der Waals surface area contributed by atoms with Gasteiger partial charge in [0.25, 0.3) is 0 Å². The van der Waals surface area contributed by atoms with E-state index in [1.54, 1.807) is 0 Å². The molecule has 1 heterocycles. The minimum Gasteiger partial charge on any atom is -0.447 e. The maximum Gasteiger partial charge on any atom is 0.348 e. The lowest BCUT2D eigenvalue weighted by Crippen LogP contribution is -2.06. The smallest absolute Gasteiger partial charge is 0.348 e. The molecule has 3 atom stereocenters. The summed E-state index contributed by atoms with van der Waals surface area (Å²) >= 11 is 0. The molecule has 1 aliphatic heterocycles. The average molecular weight is 240 g/mol. The third kappa shape index (κ3) is 3.98. The molecule has 3 unspecified atom stereocenters. The number of cyclic esters (lactones) is 1. The van der Waals surface area contributed by atoms with E-state index in [0.29, 0.717) is 5.92 Å². The monoisotopic (exact) mass is 240 g/mol. The standard InChI is InChI=1S/C14H24O3/c1-2-3-8-16-9-4-5-11-6-7-12(10-11)13-14(15)17-13/h11-13H,2-10H2,1H3. The Balaban J connectivity index is 1.48. The number of hydrogen-bond donors (Lipinski definition) is 0. The Morgan fingerprint density at radius 2 is 2.06 bits per heavy atom. The van der Waals surface area contributed by atoms with Gasteiger partial charge < -0.3 is 9.47 Å². The molecule has 17 heavy (non-hydrogen) atoms. The fourth-order valence-corrected chi connectivity index (χ4v) is 2.85. The van der Waals surface area contributed by atoms with Crippen LogP contribution in [0.15, 0.2) is 0 Å². The number of unbranched alkanes of at least 4 members (excludes halogenated alkanes) is 1. The van der Waals surface area contributed by atoms with Crippen LogP contribution in [0.3, 0.4) is 0 Å². The number of ether oxygens (including phenoxy) is 2. The van der Waals surface area contributed by atoms with Crippen molar-refractivity contribution >= 4 is 5.97 Å². The molecule has 0 aromatic rings. The van der Waals surface area contributed by atoms with Crippen LogP contribution in [0.4, 0.5) is 0 Å². The van der Waals surface area contributed by atoms with Crippen LogP contribution in [-0.2, 0) is 14.3 Å². The van der Waals surface area contributed by atoms with Crippen LogP contribution in [0.5, 0.6) is 0 Å². The quantitative estimate of drug-likeness (QED) is 0.483. The Bertz CT molecular complexity index is 252. The van der Waals surface area contributed by atoms with Gasteiger partial charge in [-0.2, -0.15) is 0 Å². The van der Waals surface area contributed by atoms with E-state index in [2.05, 4.69) is 6.92 Å². The normalized spacial score (nSPS) is 31.6. The van der Waals surface area contributed by atoms with Gasteiger partial charge in [0.15, 0.2) is 0 Å². The number of rotatable bonds is 8. The van der Waals surface area contributed by atoms with Gasteiger partial charge in [0.1, 0.15) is 0 Å². The molecule has 1 saturated heterocycles. The second-order valence-corrected chi connectivity index (χ2v) is 5.40. The highest BCUT2D eigenvalue weighted by Crippen LogP contribution is 2.40. The molecule has 0 N–H and O–H groups in total. The van der Waals surface area contributed by atoms with Crippen molar-refractivity contribution in [3.63, 3.8) is 0 Å². The van der Waals surface area contributed by atoms with Gasteiger partial charge in [-0.3, -0.25) is 0 Å². The predicted molar refractivity (Wildman–Crippen MR) is 65.7 cm³/mol. The second-order valence-electron chi connectivity index (χ2n) is 5.40. The first-order valence-corrected chi connectivity index (χ1v) is 7.09. The van der Waals surface area contributed by atoms with Gasteiger partial charge in [0, 0.05) is 19.1 Å². The summed E-state index contributed by atoms with van der Waals surface area (Å²) in [6.07, 6.45) is 8.41. The van der Waals surface area contributed by atoms with Gasteiger partial charge >= 0.3 is 5.97 Å². The zero-order valence-electron chi connectivity index (χ0n) is 10.8. The summed E-state index contributed by atoms with van der Waals surface area (Å²) in [4.78, 5) is 10.9. The van der Waals surface area contributed by atoms with Crippen LogP contribution in [-0.4, -0.2) is 25.3 Å². The molecule has 1 saturated carbocycles. The van der Waals surface area contributed by atoms with Crippen LogP contribution in [0, 0.1) is 11.8 Å². The zero-order valence-corrected chi connectivity index (χ0v) is 10.8. The van der Waals surface area contributed by atoms with Crippen LogP contribution in [0.2, 0.25) is 0 Å². The minimum atomic E-state index is -0.0270. The summed E-state index contributed by atoms with van der Waals surface area (Å²) in [6.45, 7) is 4.00. The lowest BCUT2D eigenvalue weighted by molar-refractivity contribution is -0.117. The predicted octanol–water partition coefficient (Wildman–Crippen LogP) is 2.93.